The summed E-state index contributed by atoms with van der Waals surface area (Å²) in [7, 11) is 0. The summed E-state index contributed by atoms with van der Waals surface area (Å²) in [4.78, 5) is 78.5. The highest BCUT2D eigenvalue weighted by Gasteiger charge is 2.20. The first-order valence-electron chi connectivity index (χ1n) is 16.3. The van der Waals surface area contributed by atoms with Crippen molar-refractivity contribution in [3.63, 3.8) is 0 Å². The fraction of sp³-hybridized carbons (Fsp3) is 0.688. The van der Waals surface area contributed by atoms with Gasteiger partial charge in [0.25, 0.3) is 0 Å². The van der Waals surface area contributed by atoms with Gasteiger partial charge in [-0.05, 0) is 0 Å². The summed E-state index contributed by atoms with van der Waals surface area (Å²) in [5, 5.41) is 0. The van der Waals surface area contributed by atoms with Crippen LogP contribution in [0.15, 0.2) is 25.3 Å². The summed E-state index contributed by atoms with van der Waals surface area (Å²) in [5.41, 5.74) is 0. The number of nitrogens with zero attached hydrogens (tertiary/aromatic N) is 4. The first-order chi connectivity index (χ1) is 23.2. The van der Waals surface area contributed by atoms with Crippen molar-refractivity contribution in [2.45, 2.75) is 25.7 Å². The predicted molar refractivity (Wildman–Crippen MR) is 170 cm³/mol. The lowest BCUT2D eigenvalue weighted by Crippen LogP contribution is -2.47. The summed E-state index contributed by atoms with van der Waals surface area (Å²) < 4.78 is 30.0. The summed E-state index contributed by atoms with van der Waals surface area (Å²) in [6, 6.07) is 0. The molecule has 2 rings (SSSR count). The van der Waals surface area contributed by atoms with Crippen molar-refractivity contribution in [2.75, 3.05) is 118 Å². The zero-order valence-corrected chi connectivity index (χ0v) is 27.8. The molecule has 2 fully saturated rings. The van der Waals surface area contributed by atoms with Crippen LogP contribution in [0.4, 0.5) is 0 Å². The Labute approximate surface area is 281 Å². The smallest absolute Gasteiger partial charge is 0.330 e. The fourth-order valence-corrected chi connectivity index (χ4v) is 4.78. The van der Waals surface area contributed by atoms with Gasteiger partial charge in [0, 0.05) is 90.7 Å². The molecule has 0 bridgehead atoms. The highest BCUT2D eigenvalue weighted by Crippen LogP contribution is 2.06. The SMILES string of the molecule is C=CC(=O)OCCOC(=O)CCN1CCN(CCC(=O)OCCOC(=O)CCN2CCN(CCC(=O)OCCOC(=O)C=C)CC2)CC1. The van der Waals surface area contributed by atoms with E-state index in [0.717, 1.165) is 64.5 Å². The molecule has 2 aliphatic rings. The zero-order chi connectivity index (χ0) is 35.0. The van der Waals surface area contributed by atoms with Crippen LogP contribution in [0, 0.1) is 0 Å². The van der Waals surface area contributed by atoms with Gasteiger partial charge in [-0.15, -0.1) is 0 Å². The Morgan fingerprint density at radius 3 is 0.812 bits per heavy atom. The molecule has 0 saturated carbocycles. The van der Waals surface area contributed by atoms with E-state index in [1.165, 1.54) is 0 Å². The van der Waals surface area contributed by atoms with E-state index in [1.54, 1.807) is 0 Å². The van der Waals surface area contributed by atoms with Crippen LogP contribution in [0.25, 0.3) is 0 Å². The number of piperazine rings is 2. The van der Waals surface area contributed by atoms with Crippen LogP contribution in [0.2, 0.25) is 0 Å². The van der Waals surface area contributed by atoms with Gasteiger partial charge in [-0.3, -0.25) is 19.2 Å². The van der Waals surface area contributed by atoms with E-state index in [0.29, 0.717) is 26.2 Å². The molecule has 0 aliphatic carbocycles. The third-order valence-corrected chi connectivity index (χ3v) is 7.58. The molecule has 270 valence electrons. The van der Waals surface area contributed by atoms with Gasteiger partial charge >= 0.3 is 35.8 Å². The molecule has 0 aromatic rings. The van der Waals surface area contributed by atoms with Gasteiger partial charge in [0.1, 0.15) is 39.6 Å². The lowest BCUT2D eigenvalue weighted by Gasteiger charge is -2.34. The van der Waals surface area contributed by atoms with Crippen molar-refractivity contribution in [3.8, 4) is 0 Å². The molecule has 0 aromatic carbocycles. The first-order valence-corrected chi connectivity index (χ1v) is 16.3. The van der Waals surface area contributed by atoms with E-state index in [4.69, 9.17) is 28.4 Å². The number of esters is 6. The van der Waals surface area contributed by atoms with Crippen LogP contribution < -0.4 is 0 Å². The van der Waals surface area contributed by atoms with Crippen molar-refractivity contribution in [2.24, 2.45) is 0 Å². The van der Waals surface area contributed by atoms with Crippen LogP contribution >= 0.6 is 0 Å². The second kappa shape index (κ2) is 24.3. The Balaban J connectivity index is 1.41. The Hall–Kier alpha value is -3.86. The van der Waals surface area contributed by atoms with Crippen LogP contribution in [0.1, 0.15) is 25.7 Å². The van der Waals surface area contributed by atoms with Crippen molar-refractivity contribution >= 4 is 35.8 Å². The zero-order valence-electron chi connectivity index (χ0n) is 27.8. The van der Waals surface area contributed by atoms with E-state index in [-0.39, 0.29) is 89.2 Å². The van der Waals surface area contributed by atoms with Crippen molar-refractivity contribution in [1.82, 2.24) is 19.6 Å². The fourth-order valence-electron chi connectivity index (χ4n) is 4.78. The van der Waals surface area contributed by atoms with E-state index in [1.807, 2.05) is 0 Å². The van der Waals surface area contributed by atoms with E-state index in [9.17, 15) is 28.8 Å². The monoisotopic (exact) mass is 682 g/mol. The topological polar surface area (TPSA) is 171 Å². The predicted octanol–water partition coefficient (Wildman–Crippen LogP) is -0.587. The minimum absolute atomic E-state index is 0.00413. The molecule has 16 nitrogen and oxygen atoms in total. The van der Waals surface area contributed by atoms with Gasteiger partial charge in [-0.25, -0.2) is 9.59 Å². The normalized spacial score (nSPS) is 15.9. The third kappa shape index (κ3) is 19.1. The standard InChI is InChI=1S/C32H50N4O12/c1-3-27(37)43-21-23-45-29(39)5-9-33-13-17-35(18-14-33)11-7-31(41)47-25-26-48-32(42)8-12-36-19-15-34(16-20-36)10-6-30(40)46-24-22-44-28(38)4-2/h3-4H,1-2,5-26H2. The Morgan fingerprint density at radius 2 is 0.604 bits per heavy atom. The maximum Gasteiger partial charge on any atom is 0.330 e. The quantitative estimate of drug-likeness (QED) is 0.0579. The van der Waals surface area contributed by atoms with E-state index >= 15 is 0 Å². The average Bonchev–Trinajstić information content (AvgIpc) is 3.10. The lowest BCUT2D eigenvalue weighted by molar-refractivity contribution is -0.152. The Morgan fingerprint density at radius 1 is 0.396 bits per heavy atom. The number of hydrogen-bond donors (Lipinski definition) is 0. The number of ether oxygens (including phenoxy) is 6. The molecule has 48 heavy (non-hydrogen) atoms. The van der Waals surface area contributed by atoms with Crippen LogP contribution in [-0.4, -0.2) is 174 Å². The van der Waals surface area contributed by atoms with Gasteiger partial charge in [0.05, 0.1) is 25.7 Å². The number of carbonyl (C=O) groups excluding carboxylic acids is 6. The minimum atomic E-state index is -0.560. The summed E-state index contributed by atoms with van der Waals surface area (Å²) in [6.07, 6.45) is 3.04. The number of hydrogen-bond acceptors (Lipinski definition) is 16. The van der Waals surface area contributed by atoms with Gasteiger partial charge in [-0.1, -0.05) is 13.2 Å². The second-order valence-corrected chi connectivity index (χ2v) is 11.0. The highest BCUT2D eigenvalue weighted by molar-refractivity contribution is 5.81. The maximum absolute atomic E-state index is 12.1. The van der Waals surface area contributed by atoms with Crippen LogP contribution in [-0.2, 0) is 57.2 Å². The van der Waals surface area contributed by atoms with Crippen LogP contribution in [0.3, 0.4) is 0 Å². The molecule has 0 radical (unpaired) electrons. The van der Waals surface area contributed by atoms with Gasteiger partial charge in [0.15, 0.2) is 0 Å². The molecule has 0 unspecified atom stereocenters. The van der Waals surface area contributed by atoms with Gasteiger partial charge in [0.2, 0.25) is 0 Å². The molecule has 0 N–H and O–H groups in total. The first kappa shape index (κ1) is 40.3. The summed E-state index contributed by atoms with van der Waals surface area (Å²) >= 11 is 0. The highest BCUT2D eigenvalue weighted by atomic mass is 16.6. The Kier molecular flexibility index (Phi) is 20.4. The molecule has 2 aliphatic heterocycles. The largest absolute Gasteiger partial charge is 0.462 e. The van der Waals surface area contributed by atoms with Crippen LogP contribution in [0.5, 0.6) is 0 Å². The van der Waals surface area contributed by atoms with Crippen molar-refractivity contribution in [3.05, 3.63) is 25.3 Å². The molecule has 0 amide bonds. The molecular formula is C32H50N4O12. The third-order valence-electron chi connectivity index (χ3n) is 7.58. The molecule has 16 heteroatoms. The number of rotatable bonds is 23. The second-order valence-electron chi connectivity index (χ2n) is 11.0. The molecule has 0 spiro atoms. The summed E-state index contributed by atoms with van der Waals surface area (Å²) in [6.45, 7) is 15.0. The van der Waals surface area contributed by atoms with Gasteiger partial charge < -0.3 is 48.0 Å². The van der Waals surface area contributed by atoms with Gasteiger partial charge in [-0.2, -0.15) is 0 Å². The molecular weight excluding hydrogens is 632 g/mol. The molecule has 2 heterocycles. The molecule has 0 atom stereocenters. The van der Waals surface area contributed by atoms with E-state index in [2.05, 4.69) is 32.8 Å². The van der Waals surface area contributed by atoms with Crippen molar-refractivity contribution < 1.29 is 57.2 Å². The van der Waals surface area contributed by atoms with Crippen molar-refractivity contribution in [1.29, 1.82) is 0 Å². The van der Waals surface area contributed by atoms with E-state index < -0.39 is 11.9 Å². The lowest BCUT2D eigenvalue weighted by atomic mass is 10.2. The molecule has 2 saturated heterocycles. The maximum atomic E-state index is 12.1. The minimum Gasteiger partial charge on any atom is -0.462 e. The average molecular weight is 683 g/mol. The Bertz CT molecular complexity index is 974. The summed E-state index contributed by atoms with van der Waals surface area (Å²) in [5.74, 6) is -2.53. The number of carbonyl (C=O) groups is 6. The molecule has 0 aromatic heterocycles.